The van der Waals surface area contributed by atoms with Gasteiger partial charge in [0.2, 0.25) is 5.91 Å². The van der Waals surface area contributed by atoms with E-state index in [0.717, 1.165) is 35.0 Å². The predicted molar refractivity (Wildman–Crippen MR) is 81.1 cm³/mol. The van der Waals surface area contributed by atoms with Crippen LogP contribution in [-0.4, -0.2) is 30.0 Å². The maximum Gasteiger partial charge on any atom is 0.245 e. The lowest BCUT2D eigenvalue weighted by Crippen LogP contribution is -2.40. The molecular weight excluding hydrogens is 282 g/mol. The Morgan fingerprint density at radius 3 is 3.05 bits per heavy atom. The van der Waals surface area contributed by atoms with Gasteiger partial charge in [-0.25, -0.2) is 0 Å². The Morgan fingerprint density at radius 2 is 2.32 bits per heavy atom. The third-order valence-corrected chi connectivity index (χ3v) is 5.16. The standard InChI is InChI=1S/C13H16ClN3OS/c1-7-6-19-3-2-17(7)11-5-10-8(4-9(11)14)12(15)13(18)16-10/h4-5,7,12H,2-3,6,15H2,1H3,(H,16,18). The van der Waals surface area contributed by atoms with Gasteiger partial charge in [-0.05, 0) is 19.1 Å². The highest BCUT2D eigenvalue weighted by Gasteiger charge is 2.30. The van der Waals surface area contributed by atoms with Gasteiger partial charge in [-0.1, -0.05) is 11.6 Å². The molecule has 1 fully saturated rings. The molecule has 1 saturated heterocycles. The lowest BCUT2D eigenvalue weighted by atomic mass is 10.1. The minimum absolute atomic E-state index is 0.162. The zero-order valence-electron chi connectivity index (χ0n) is 10.6. The highest BCUT2D eigenvalue weighted by Crippen LogP contribution is 2.39. The molecule has 3 N–H and O–H groups in total. The molecule has 19 heavy (non-hydrogen) atoms. The van der Waals surface area contributed by atoms with Crippen LogP contribution in [0.2, 0.25) is 5.02 Å². The summed E-state index contributed by atoms with van der Waals surface area (Å²) in [6, 6.07) is 3.62. The molecule has 0 saturated carbocycles. The summed E-state index contributed by atoms with van der Waals surface area (Å²) in [4.78, 5) is 13.9. The molecule has 1 aromatic rings. The molecule has 6 heteroatoms. The fourth-order valence-electron chi connectivity index (χ4n) is 2.60. The Kier molecular flexibility index (Phi) is 3.37. The molecule has 2 heterocycles. The minimum Gasteiger partial charge on any atom is -0.366 e. The highest BCUT2D eigenvalue weighted by atomic mass is 35.5. The summed E-state index contributed by atoms with van der Waals surface area (Å²) < 4.78 is 0. The number of amides is 1. The van der Waals surface area contributed by atoms with Gasteiger partial charge in [0.15, 0.2) is 0 Å². The molecule has 3 rings (SSSR count). The summed E-state index contributed by atoms with van der Waals surface area (Å²) in [6.07, 6.45) is 0. The largest absolute Gasteiger partial charge is 0.366 e. The number of benzene rings is 1. The number of carbonyl (C=O) groups is 1. The Morgan fingerprint density at radius 1 is 1.53 bits per heavy atom. The van der Waals surface area contributed by atoms with Gasteiger partial charge in [-0.2, -0.15) is 11.8 Å². The number of fused-ring (bicyclic) bond motifs is 1. The first-order chi connectivity index (χ1) is 9.08. The van der Waals surface area contributed by atoms with Crippen molar-refractivity contribution in [2.24, 2.45) is 5.73 Å². The van der Waals surface area contributed by atoms with E-state index in [4.69, 9.17) is 17.3 Å². The summed E-state index contributed by atoms with van der Waals surface area (Å²) in [5.41, 5.74) is 8.40. The number of hydrogen-bond acceptors (Lipinski definition) is 4. The summed E-state index contributed by atoms with van der Waals surface area (Å²) in [6.45, 7) is 3.17. The van der Waals surface area contributed by atoms with Crippen LogP contribution < -0.4 is 16.0 Å². The van der Waals surface area contributed by atoms with Crippen LogP contribution in [0.3, 0.4) is 0 Å². The lowest BCUT2D eigenvalue weighted by molar-refractivity contribution is -0.116. The van der Waals surface area contributed by atoms with E-state index >= 15 is 0 Å². The van der Waals surface area contributed by atoms with Gasteiger partial charge in [0.1, 0.15) is 6.04 Å². The van der Waals surface area contributed by atoms with Gasteiger partial charge in [0, 0.05) is 35.3 Å². The molecule has 2 aliphatic rings. The Hall–Kier alpha value is -0.910. The monoisotopic (exact) mass is 297 g/mol. The van der Waals surface area contributed by atoms with Gasteiger partial charge in [-0.3, -0.25) is 4.79 Å². The summed E-state index contributed by atoms with van der Waals surface area (Å²) in [5, 5.41) is 3.49. The summed E-state index contributed by atoms with van der Waals surface area (Å²) >= 11 is 8.34. The molecule has 2 atom stereocenters. The minimum atomic E-state index is -0.601. The molecule has 2 unspecified atom stereocenters. The molecule has 0 radical (unpaired) electrons. The molecule has 2 aliphatic heterocycles. The maximum atomic E-state index is 11.6. The third-order valence-electron chi connectivity index (χ3n) is 3.67. The van der Waals surface area contributed by atoms with E-state index in [-0.39, 0.29) is 5.91 Å². The van der Waals surface area contributed by atoms with Crippen LogP contribution in [-0.2, 0) is 4.79 Å². The highest BCUT2D eigenvalue weighted by molar-refractivity contribution is 7.99. The van der Waals surface area contributed by atoms with E-state index in [1.54, 1.807) is 0 Å². The van der Waals surface area contributed by atoms with E-state index in [9.17, 15) is 4.79 Å². The second-order valence-corrected chi connectivity index (χ2v) is 6.53. The Balaban J connectivity index is 2.00. The number of carbonyl (C=O) groups excluding carboxylic acids is 1. The van der Waals surface area contributed by atoms with Crippen molar-refractivity contribution in [2.45, 2.75) is 19.0 Å². The average Bonchev–Trinajstić information content (AvgIpc) is 2.66. The molecule has 1 aromatic carbocycles. The van der Waals surface area contributed by atoms with E-state index in [1.807, 2.05) is 23.9 Å². The first kappa shape index (κ1) is 13.1. The number of nitrogens with two attached hydrogens (primary N) is 1. The van der Waals surface area contributed by atoms with Crippen molar-refractivity contribution in [1.29, 1.82) is 0 Å². The van der Waals surface area contributed by atoms with E-state index < -0.39 is 6.04 Å². The first-order valence-corrected chi connectivity index (χ1v) is 7.85. The van der Waals surface area contributed by atoms with Crippen LogP contribution in [0.5, 0.6) is 0 Å². The SMILES string of the molecule is CC1CSCCN1c1cc2c(cc1Cl)C(N)C(=O)N2. The van der Waals surface area contributed by atoms with Crippen molar-refractivity contribution in [3.8, 4) is 0 Å². The molecule has 102 valence electrons. The topological polar surface area (TPSA) is 58.4 Å². The number of thioether (sulfide) groups is 1. The van der Waals surface area contributed by atoms with Crippen LogP contribution in [0.15, 0.2) is 12.1 Å². The second kappa shape index (κ2) is 4.89. The van der Waals surface area contributed by atoms with Gasteiger partial charge < -0.3 is 16.0 Å². The van der Waals surface area contributed by atoms with E-state index in [1.165, 1.54) is 0 Å². The summed E-state index contributed by atoms with van der Waals surface area (Å²) in [5.74, 6) is 2.04. The normalized spacial score (nSPS) is 26.3. The quantitative estimate of drug-likeness (QED) is 0.834. The number of nitrogens with zero attached hydrogens (tertiary/aromatic N) is 1. The van der Waals surface area contributed by atoms with Crippen LogP contribution >= 0.6 is 23.4 Å². The smallest absolute Gasteiger partial charge is 0.245 e. The van der Waals surface area contributed by atoms with Gasteiger partial charge in [0.05, 0.1) is 10.7 Å². The molecule has 0 spiro atoms. The number of anilines is 2. The van der Waals surface area contributed by atoms with Crippen LogP contribution in [0.1, 0.15) is 18.5 Å². The fourth-order valence-corrected chi connectivity index (χ4v) is 3.89. The Bertz CT molecular complexity index is 537. The summed E-state index contributed by atoms with van der Waals surface area (Å²) in [7, 11) is 0. The van der Waals surface area contributed by atoms with Crippen molar-refractivity contribution in [1.82, 2.24) is 0 Å². The van der Waals surface area contributed by atoms with Crippen molar-refractivity contribution >= 4 is 40.6 Å². The average molecular weight is 298 g/mol. The van der Waals surface area contributed by atoms with Gasteiger partial charge in [0.25, 0.3) is 0 Å². The predicted octanol–water partition coefficient (Wildman–Crippen LogP) is 2.23. The lowest BCUT2D eigenvalue weighted by Gasteiger charge is -2.35. The van der Waals surface area contributed by atoms with Crippen LogP contribution in [0, 0.1) is 0 Å². The van der Waals surface area contributed by atoms with Crippen molar-refractivity contribution < 1.29 is 4.79 Å². The molecular formula is C13H16ClN3OS. The first-order valence-electron chi connectivity index (χ1n) is 6.32. The number of halogens is 1. The fraction of sp³-hybridized carbons (Fsp3) is 0.462. The van der Waals surface area contributed by atoms with Gasteiger partial charge in [-0.15, -0.1) is 0 Å². The van der Waals surface area contributed by atoms with Crippen LogP contribution in [0.4, 0.5) is 11.4 Å². The van der Waals surface area contributed by atoms with Crippen molar-refractivity contribution in [2.75, 3.05) is 28.3 Å². The third kappa shape index (κ3) is 2.20. The zero-order chi connectivity index (χ0) is 13.6. The van der Waals surface area contributed by atoms with Crippen molar-refractivity contribution in [3.05, 3.63) is 22.7 Å². The van der Waals surface area contributed by atoms with Crippen LogP contribution in [0.25, 0.3) is 0 Å². The maximum absolute atomic E-state index is 11.6. The Labute approximate surface area is 121 Å². The van der Waals surface area contributed by atoms with Crippen molar-refractivity contribution in [3.63, 3.8) is 0 Å². The molecule has 0 aliphatic carbocycles. The molecule has 4 nitrogen and oxygen atoms in total. The number of nitrogens with one attached hydrogen (secondary N) is 1. The van der Waals surface area contributed by atoms with Gasteiger partial charge >= 0.3 is 0 Å². The van der Waals surface area contributed by atoms with E-state index in [2.05, 4.69) is 17.1 Å². The number of hydrogen-bond donors (Lipinski definition) is 2. The zero-order valence-corrected chi connectivity index (χ0v) is 12.2. The molecule has 0 bridgehead atoms. The molecule has 1 amide bonds. The van der Waals surface area contributed by atoms with E-state index in [0.29, 0.717) is 11.1 Å². The second-order valence-electron chi connectivity index (χ2n) is 4.98. The number of rotatable bonds is 1. The molecule has 0 aromatic heterocycles.